The van der Waals surface area contributed by atoms with Gasteiger partial charge in [0.2, 0.25) is 10.0 Å². The molecule has 7 heteroatoms. The minimum Gasteiger partial charge on any atom is -0.392 e. The van der Waals surface area contributed by atoms with Crippen molar-refractivity contribution in [3.63, 3.8) is 0 Å². The van der Waals surface area contributed by atoms with Crippen molar-refractivity contribution in [3.05, 3.63) is 0 Å². The zero-order valence-corrected chi connectivity index (χ0v) is 9.95. The number of nitrogens with two attached hydrogens (primary N) is 1. The average Bonchev–Trinajstić information content (AvgIpc) is 2.03. The first-order chi connectivity index (χ1) is 6.39. The third-order valence-corrected chi connectivity index (χ3v) is 3.25. The van der Waals surface area contributed by atoms with E-state index in [4.69, 9.17) is 10.5 Å². The molecule has 5 nitrogen and oxygen atoms in total. The first-order valence-electron chi connectivity index (χ1n) is 4.26. The van der Waals surface area contributed by atoms with Crippen LogP contribution in [0, 0.1) is 0 Å². The van der Waals surface area contributed by atoms with Gasteiger partial charge in [0.05, 0.1) is 23.4 Å². The van der Waals surface area contributed by atoms with Gasteiger partial charge in [0, 0.05) is 6.61 Å². The summed E-state index contributed by atoms with van der Waals surface area (Å²) in [6.07, 6.45) is 0. The lowest BCUT2D eigenvalue weighted by Crippen LogP contribution is -2.42. The number of hydrogen-bond donors (Lipinski definition) is 2. The van der Waals surface area contributed by atoms with Crippen molar-refractivity contribution in [2.45, 2.75) is 19.9 Å². The van der Waals surface area contributed by atoms with Crippen LogP contribution in [-0.4, -0.2) is 38.4 Å². The molecule has 0 radical (unpaired) electrons. The first kappa shape index (κ1) is 13.8. The topological polar surface area (TPSA) is 81.4 Å². The van der Waals surface area contributed by atoms with E-state index in [0.29, 0.717) is 6.61 Å². The molecule has 3 N–H and O–H groups in total. The SMILES string of the molecule is CCOCCS(=O)(=O)NC(C)C(N)=S. The van der Waals surface area contributed by atoms with Gasteiger partial charge in [-0.2, -0.15) is 0 Å². The lowest BCUT2D eigenvalue weighted by Gasteiger charge is -2.12. The van der Waals surface area contributed by atoms with E-state index in [2.05, 4.69) is 16.9 Å². The Morgan fingerprint density at radius 2 is 2.21 bits per heavy atom. The molecule has 0 amide bonds. The summed E-state index contributed by atoms with van der Waals surface area (Å²) in [5.74, 6) is -0.0756. The first-order valence-corrected chi connectivity index (χ1v) is 6.32. The van der Waals surface area contributed by atoms with E-state index in [1.807, 2.05) is 0 Å². The Kier molecular flexibility index (Phi) is 6.17. The number of sulfonamides is 1. The van der Waals surface area contributed by atoms with E-state index in [1.54, 1.807) is 13.8 Å². The summed E-state index contributed by atoms with van der Waals surface area (Å²) < 4.78 is 29.9. The lowest BCUT2D eigenvalue weighted by atomic mass is 10.4. The van der Waals surface area contributed by atoms with Gasteiger partial charge >= 0.3 is 0 Å². The molecule has 0 saturated heterocycles. The molecule has 0 spiro atoms. The molecule has 0 aliphatic heterocycles. The van der Waals surface area contributed by atoms with E-state index < -0.39 is 16.1 Å². The van der Waals surface area contributed by atoms with Crippen LogP contribution in [0.5, 0.6) is 0 Å². The van der Waals surface area contributed by atoms with Gasteiger partial charge in [-0.3, -0.25) is 0 Å². The molecule has 14 heavy (non-hydrogen) atoms. The highest BCUT2D eigenvalue weighted by Gasteiger charge is 2.15. The van der Waals surface area contributed by atoms with Crippen molar-refractivity contribution in [2.75, 3.05) is 19.0 Å². The van der Waals surface area contributed by atoms with Crippen LogP contribution in [-0.2, 0) is 14.8 Å². The van der Waals surface area contributed by atoms with E-state index in [0.717, 1.165) is 0 Å². The Labute approximate surface area is 90.1 Å². The van der Waals surface area contributed by atoms with Gasteiger partial charge in [0.15, 0.2) is 0 Å². The van der Waals surface area contributed by atoms with Crippen molar-refractivity contribution in [1.29, 1.82) is 0 Å². The highest BCUT2D eigenvalue weighted by Crippen LogP contribution is 1.90. The number of thiocarbonyl (C=S) groups is 1. The molecule has 0 aliphatic rings. The lowest BCUT2D eigenvalue weighted by molar-refractivity contribution is 0.163. The molecule has 0 rings (SSSR count). The third kappa shape index (κ3) is 6.25. The molecule has 84 valence electrons. The molecule has 1 unspecified atom stereocenters. The van der Waals surface area contributed by atoms with Crippen LogP contribution in [0.3, 0.4) is 0 Å². The molecular weight excluding hydrogens is 224 g/mol. The van der Waals surface area contributed by atoms with E-state index in [9.17, 15) is 8.42 Å². The second-order valence-corrected chi connectivity index (χ2v) is 5.10. The van der Waals surface area contributed by atoms with Crippen LogP contribution < -0.4 is 10.5 Å². The molecule has 0 heterocycles. The molecule has 0 bridgehead atoms. The average molecular weight is 240 g/mol. The van der Waals surface area contributed by atoms with E-state index >= 15 is 0 Å². The van der Waals surface area contributed by atoms with E-state index in [1.165, 1.54) is 0 Å². The monoisotopic (exact) mass is 240 g/mol. The number of ether oxygens (including phenoxy) is 1. The second-order valence-electron chi connectivity index (χ2n) is 2.76. The summed E-state index contributed by atoms with van der Waals surface area (Å²) in [6, 6.07) is -0.517. The minimum absolute atomic E-state index is 0.0756. The van der Waals surface area contributed by atoms with Crippen LogP contribution in [0.15, 0.2) is 0 Å². The molecule has 0 saturated carbocycles. The molecular formula is C7H16N2O3S2. The molecule has 0 aromatic carbocycles. The Bertz CT molecular complexity index is 277. The highest BCUT2D eigenvalue weighted by molar-refractivity contribution is 7.89. The van der Waals surface area contributed by atoms with Gasteiger partial charge in [0.1, 0.15) is 0 Å². The van der Waals surface area contributed by atoms with Crippen LogP contribution in [0.1, 0.15) is 13.8 Å². The molecule has 0 aliphatic carbocycles. The normalized spacial score (nSPS) is 13.9. The summed E-state index contributed by atoms with van der Waals surface area (Å²) in [5, 5.41) is 0. The highest BCUT2D eigenvalue weighted by atomic mass is 32.2. The van der Waals surface area contributed by atoms with Crippen LogP contribution >= 0.6 is 12.2 Å². The van der Waals surface area contributed by atoms with Crippen molar-refractivity contribution in [3.8, 4) is 0 Å². The van der Waals surface area contributed by atoms with E-state index in [-0.39, 0.29) is 17.3 Å². The maximum atomic E-state index is 11.3. The fourth-order valence-corrected chi connectivity index (χ4v) is 1.95. The van der Waals surface area contributed by atoms with Gasteiger partial charge in [-0.1, -0.05) is 12.2 Å². The van der Waals surface area contributed by atoms with Crippen LogP contribution in [0.2, 0.25) is 0 Å². The predicted octanol–water partition coefficient (Wildman–Crippen LogP) is -0.383. The van der Waals surface area contributed by atoms with Gasteiger partial charge in [0.25, 0.3) is 0 Å². The molecule has 0 fully saturated rings. The zero-order valence-electron chi connectivity index (χ0n) is 8.32. The Morgan fingerprint density at radius 3 is 2.64 bits per heavy atom. The number of nitrogens with one attached hydrogen (secondary N) is 1. The second kappa shape index (κ2) is 6.28. The van der Waals surface area contributed by atoms with Crippen molar-refractivity contribution >= 4 is 27.2 Å². The standard InChI is InChI=1S/C7H16N2O3S2/c1-3-12-4-5-14(10,11)9-6(2)7(8)13/h6,9H,3-5H2,1-2H3,(H2,8,13). The summed E-state index contributed by atoms with van der Waals surface area (Å²) in [4.78, 5) is 0.130. The van der Waals surface area contributed by atoms with Gasteiger partial charge in [-0.15, -0.1) is 0 Å². The van der Waals surface area contributed by atoms with Gasteiger partial charge < -0.3 is 10.5 Å². The predicted molar refractivity (Wildman–Crippen MR) is 59.7 cm³/mol. The third-order valence-electron chi connectivity index (χ3n) is 1.48. The summed E-state index contributed by atoms with van der Waals surface area (Å²) >= 11 is 4.64. The summed E-state index contributed by atoms with van der Waals surface area (Å²) in [7, 11) is -3.34. The summed E-state index contributed by atoms with van der Waals surface area (Å²) in [5.41, 5.74) is 5.27. The Balaban J connectivity index is 4.01. The number of rotatable bonds is 7. The summed E-state index contributed by atoms with van der Waals surface area (Å²) in [6.45, 7) is 4.08. The zero-order chi connectivity index (χ0) is 11.2. The molecule has 0 aromatic rings. The van der Waals surface area contributed by atoms with Gasteiger partial charge in [-0.05, 0) is 13.8 Å². The fourth-order valence-electron chi connectivity index (χ4n) is 0.699. The van der Waals surface area contributed by atoms with Crippen molar-refractivity contribution in [1.82, 2.24) is 4.72 Å². The smallest absolute Gasteiger partial charge is 0.214 e. The van der Waals surface area contributed by atoms with Crippen LogP contribution in [0.25, 0.3) is 0 Å². The quantitative estimate of drug-likeness (QED) is 0.468. The number of hydrogen-bond acceptors (Lipinski definition) is 4. The maximum absolute atomic E-state index is 11.3. The fraction of sp³-hybridized carbons (Fsp3) is 0.857. The molecule has 1 atom stereocenters. The minimum atomic E-state index is -3.34. The van der Waals surface area contributed by atoms with Crippen molar-refractivity contribution in [2.24, 2.45) is 5.73 Å². The van der Waals surface area contributed by atoms with Gasteiger partial charge in [-0.25, -0.2) is 13.1 Å². The Morgan fingerprint density at radius 1 is 1.64 bits per heavy atom. The van der Waals surface area contributed by atoms with Crippen LogP contribution in [0.4, 0.5) is 0 Å². The Hall–Kier alpha value is -0.240. The maximum Gasteiger partial charge on any atom is 0.214 e. The largest absolute Gasteiger partial charge is 0.392 e. The van der Waals surface area contributed by atoms with Crippen molar-refractivity contribution < 1.29 is 13.2 Å². The molecule has 0 aromatic heterocycles.